The zero-order chi connectivity index (χ0) is 14.1. The van der Waals surface area contributed by atoms with Crippen molar-refractivity contribution in [3.8, 4) is 0 Å². The van der Waals surface area contributed by atoms with Crippen molar-refractivity contribution in [3.05, 3.63) is 35.9 Å². The Labute approximate surface area is 113 Å². The van der Waals surface area contributed by atoms with Crippen LogP contribution in [-0.2, 0) is 16.1 Å². The molecule has 0 bridgehead atoms. The number of ether oxygens (including phenoxy) is 1. The monoisotopic (exact) mass is 266 g/mol. The lowest BCUT2D eigenvalue weighted by atomic mass is 10.1. The van der Waals surface area contributed by atoms with Gasteiger partial charge in [0.25, 0.3) is 0 Å². The predicted molar refractivity (Wildman–Crippen MR) is 73.5 cm³/mol. The summed E-state index contributed by atoms with van der Waals surface area (Å²) in [4.78, 5) is 10.5. The number of hydrogen-bond donors (Lipinski definition) is 3. The van der Waals surface area contributed by atoms with Crippen LogP contribution in [0.4, 0.5) is 0 Å². The Bertz CT molecular complexity index is 370. The third-order valence-electron chi connectivity index (χ3n) is 2.85. The minimum atomic E-state index is -0.964. The molecule has 1 unspecified atom stereocenters. The standard InChI is InChI=1S/C14H22N2O3/c15-12(7-4-8-13(16)14(17)18)10-19-9-11-5-2-1-3-6-11/h1-3,5-6,12-13H,4,7-10,15-16H2,(H,17,18)/t12?,13-/m0/s1. The average molecular weight is 266 g/mol. The molecule has 0 amide bonds. The van der Waals surface area contributed by atoms with E-state index < -0.39 is 12.0 Å². The highest BCUT2D eigenvalue weighted by Gasteiger charge is 2.11. The smallest absolute Gasteiger partial charge is 0.320 e. The van der Waals surface area contributed by atoms with Crippen LogP contribution in [0.2, 0.25) is 0 Å². The minimum absolute atomic E-state index is 0.0790. The molecule has 1 aromatic carbocycles. The van der Waals surface area contributed by atoms with Crippen LogP contribution in [-0.4, -0.2) is 29.8 Å². The van der Waals surface area contributed by atoms with Crippen LogP contribution in [0.25, 0.3) is 0 Å². The fraction of sp³-hybridized carbons (Fsp3) is 0.500. The van der Waals surface area contributed by atoms with Crippen molar-refractivity contribution in [2.24, 2.45) is 11.5 Å². The van der Waals surface area contributed by atoms with Crippen LogP contribution in [0.1, 0.15) is 24.8 Å². The van der Waals surface area contributed by atoms with Crippen molar-refractivity contribution in [2.45, 2.75) is 38.0 Å². The van der Waals surface area contributed by atoms with Gasteiger partial charge in [-0.3, -0.25) is 4.79 Å². The van der Waals surface area contributed by atoms with Crippen molar-refractivity contribution in [1.82, 2.24) is 0 Å². The predicted octanol–water partition coefficient (Wildman–Crippen LogP) is 1.11. The van der Waals surface area contributed by atoms with Gasteiger partial charge in [-0.1, -0.05) is 30.3 Å². The van der Waals surface area contributed by atoms with Crippen LogP contribution in [0.5, 0.6) is 0 Å². The second kappa shape index (κ2) is 8.63. The maximum atomic E-state index is 10.5. The molecule has 0 saturated carbocycles. The molecule has 5 heteroatoms. The number of carbonyl (C=O) groups is 1. The van der Waals surface area contributed by atoms with Crippen molar-refractivity contribution < 1.29 is 14.6 Å². The van der Waals surface area contributed by atoms with Gasteiger partial charge < -0.3 is 21.3 Å². The van der Waals surface area contributed by atoms with Gasteiger partial charge in [0.1, 0.15) is 6.04 Å². The topological polar surface area (TPSA) is 98.6 Å². The number of rotatable bonds is 9. The van der Waals surface area contributed by atoms with E-state index in [1.165, 1.54) is 0 Å². The number of carboxylic acid groups (broad SMARTS) is 1. The molecule has 5 N–H and O–H groups in total. The summed E-state index contributed by atoms with van der Waals surface area (Å²) >= 11 is 0. The molecule has 0 aliphatic heterocycles. The molecule has 0 saturated heterocycles. The highest BCUT2D eigenvalue weighted by atomic mass is 16.5. The van der Waals surface area contributed by atoms with Gasteiger partial charge in [0.2, 0.25) is 0 Å². The molecule has 0 radical (unpaired) electrons. The lowest BCUT2D eigenvalue weighted by molar-refractivity contribution is -0.138. The molecule has 19 heavy (non-hydrogen) atoms. The molecule has 0 aromatic heterocycles. The first-order chi connectivity index (χ1) is 9.09. The number of hydrogen-bond acceptors (Lipinski definition) is 4. The van der Waals surface area contributed by atoms with Gasteiger partial charge >= 0.3 is 5.97 Å². The zero-order valence-corrected chi connectivity index (χ0v) is 11.0. The molecular weight excluding hydrogens is 244 g/mol. The van der Waals surface area contributed by atoms with E-state index in [-0.39, 0.29) is 6.04 Å². The second-order valence-corrected chi connectivity index (χ2v) is 4.64. The van der Waals surface area contributed by atoms with E-state index in [0.29, 0.717) is 26.1 Å². The summed E-state index contributed by atoms with van der Waals surface area (Å²) in [5.74, 6) is -0.964. The summed E-state index contributed by atoms with van der Waals surface area (Å²) in [7, 11) is 0. The van der Waals surface area contributed by atoms with Gasteiger partial charge in [0.05, 0.1) is 13.2 Å². The van der Waals surface area contributed by atoms with E-state index in [1.807, 2.05) is 30.3 Å². The first-order valence-corrected chi connectivity index (χ1v) is 6.45. The largest absolute Gasteiger partial charge is 0.480 e. The third kappa shape index (κ3) is 6.91. The van der Waals surface area contributed by atoms with Gasteiger partial charge in [0.15, 0.2) is 0 Å². The SMILES string of the molecule is NC(CCC[C@H](N)C(=O)O)COCc1ccccc1. The van der Waals surface area contributed by atoms with E-state index in [1.54, 1.807) is 0 Å². The quantitative estimate of drug-likeness (QED) is 0.622. The van der Waals surface area contributed by atoms with Crippen molar-refractivity contribution in [3.63, 3.8) is 0 Å². The highest BCUT2D eigenvalue weighted by Crippen LogP contribution is 2.05. The van der Waals surface area contributed by atoms with Crippen molar-refractivity contribution in [2.75, 3.05) is 6.61 Å². The van der Waals surface area contributed by atoms with Crippen molar-refractivity contribution in [1.29, 1.82) is 0 Å². The Morgan fingerprint density at radius 3 is 2.53 bits per heavy atom. The van der Waals surface area contributed by atoms with Gasteiger partial charge in [-0.15, -0.1) is 0 Å². The molecule has 0 aliphatic carbocycles. The highest BCUT2D eigenvalue weighted by molar-refractivity contribution is 5.72. The Kier molecular flexibility index (Phi) is 7.10. The number of nitrogens with two attached hydrogens (primary N) is 2. The number of carboxylic acids is 1. The summed E-state index contributed by atoms with van der Waals surface area (Å²) < 4.78 is 5.51. The summed E-state index contributed by atoms with van der Waals surface area (Å²) in [6.07, 6.45) is 1.86. The summed E-state index contributed by atoms with van der Waals surface area (Å²) in [6.45, 7) is 1.01. The maximum absolute atomic E-state index is 10.5. The molecule has 0 spiro atoms. The van der Waals surface area contributed by atoms with E-state index in [4.69, 9.17) is 21.3 Å². The van der Waals surface area contributed by atoms with Crippen LogP contribution >= 0.6 is 0 Å². The maximum Gasteiger partial charge on any atom is 0.320 e. The van der Waals surface area contributed by atoms with E-state index in [0.717, 1.165) is 12.0 Å². The van der Waals surface area contributed by atoms with E-state index in [9.17, 15) is 4.79 Å². The molecule has 1 aromatic rings. The first kappa shape index (κ1) is 15.6. The molecular formula is C14H22N2O3. The number of benzene rings is 1. The Morgan fingerprint density at radius 1 is 1.21 bits per heavy atom. The van der Waals surface area contributed by atoms with Gasteiger partial charge in [0, 0.05) is 6.04 Å². The summed E-state index contributed by atoms with van der Waals surface area (Å²) in [6, 6.07) is 9.01. The van der Waals surface area contributed by atoms with Gasteiger partial charge in [-0.25, -0.2) is 0 Å². The normalized spacial score (nSPS) is 14.0. The van der Waals surface area contributed by atoms with Gasteiger partial charge in [-0.05, 0) is 24.8 Å². The average Bonchev–Trinajstić information content (AvgIpc) is 2.39. The fourth-order valence-corrected chi connectivity index (χ4v) is 1.71. The molecule has 2 atom stereocenters. The fourth-order valence-electron chi connectivity index (χ4n) is 1.71. The lowest BCUT2D eigenvalue weighted by Crippen LogP contribution is -2.31. The zero-order valence-electron chi connectivity index (χ0n) is 11.0. The molecule has 1 rings (SSSR count). The Hall–Kier alpha value is -1.43. The third-order valence-corrected chi connectivity index (χ3v) is 2.85. The lowest BCUT2D eigenvalue weighted by Gasteiger charge is -2.13. The summed E-state index contributed by atoms with van der Waals surface area (Å²) in [5.41, 5.74) is 12.4. The van der Waals surface area contributed by atoms with Gasteiger partial charge in [-0.2, -0.15) is 0 Å². The number of aliphatic carboxylic acids is 1. The summed E-state index contributed by atoms with van der Waals surface area (Å²) in [5, 5.41) is 8.63. The van der Waals surface area contributed by atoms with Crippen LogP contribution in [0, 0.1) is 0 Å². The molecule has 106 valence electrons. The molecule has 0 fully saturated rings. The molecule has 0 aliphatic rings. The van der Waals surface area contributed by atoms with Crippen LogP contribution < -0.4 is 11.5 Å². The van der Waals surface area contributed by atoms with E-state index >= 15 is 0 Å². The van der Waals surface area contributed by atoms with Crippen LogP contribution in [0.15, 0.2) is 30.3 Å². The Morgan fingerprint density at radius 2 is 1.89 bits per heavy atom. The minimum Gasteiger partial charge on any atom is -0.480 e. The van der Waals surface area contributed by atoms with Crippen LogP contribution in [0.3, 0.4) is 0 Å². The Balaban J connectivity index is 2.08. The van der Waals surface area contributed by atoms with E-state index in [2.05, 4.69) is 0 Å². The molecule has 0 heterocycles. The second-order valence-electron chi connectivity index (χ2n) is 4.64. The molecule has 5 nitrogen and oxygen atoms in total. The van der Waals surface area contributed by atoms with Crippen molar-refractivity contribution >= 4 is 5.97 Å². The first-order valence-electron chi connectivity index (χ1n) is 6.45.